The maximum absolute atomic E-state index is 5.93. The summed E-state index contributed by atoms with van der Waals surface area (Å²) in [7, 11) is 3.86. The summed E-state index contributed by atoms with van der Waals surface area (Å²) in [6.07, 6.45) is 1.22. The highest BCUT2D eigenvalue weighted by molar-refractivity contribution is 9.09. The van der Waals surface area contributed by atoms with Gasteiger partial charge in [-0.05, 0) is 24.6 Å². The predicted octanol–water partition coefficient (Wildman–Crippen LogP) is 2.64. The van der Waals surface area contributed by atoms with Crippen molar-refractivity contribution in [2.75, 3.05) is 40.5 Å². The van der Waals surface area contributed by atoms with E-state index in [-0.39, 0.29) is 6.10 Å². The molecule has 106 valence electrons. The third kappa shape index (κ3) is 4.28. The van der Waals surface area contributed by atoms with Crippen LogP contribution in [0.25, 0.3) is 0 Å². The molecule has 3 nitrogen and oxygen atoms in total. The Hall–Kier alpha value is -0.420. The van der Waals surface area contributed by atoms with Gasteiger partial charge in [-0.3, -0.25) is 0 Å². The lowest BCUT2D eigenvalue weighted by molar-refractivity contribution is 0.0203. The lowest BCUT2D eigenvalue weighted by Gasteiger charge is -2.30. The summed E-state index contributed by atoms with van der Waals surface area (Å²) in [6, 6.07) is 8.60. The van der Waals surface area contributed by atoms with E-state index in [9.17, 15) is 0 Å². The second-order valence-corrected chi connectivity index (χ2v) is 6.38. The molecular weight excluding hydrogens is 306 g/mol. The van der Waals surface area contributed by atoms with Gasteiger partial charge in [-0.2, -0.15) is 0 Å². The van der Waals surface area contributed by atoms with Gasteiger partial charge in [0, 0.05) is 20.2 Å². The summed E-state index contributed by atoms with van der Waals surface area (Å²) in [6.45, 7) is 3.43. The predicted molar refractivity (Wildman–Crippen MR) is 80.9 cm³/mol. The van der Waals surface area contributed by atoms with E-state index in [2.05, 4.69) is 52.1 Å². The van der Waals surface area contributed by atoms with Gasteiger partial charge in [0.1, 0.15) is 0 Å². The van der Waals surface area contributed by atoms with Gasteiger partial charge in [-0.15, -0.1) is 0 Å². The highest BCUT2D eigenvalue weighted by Crippen LogP contribution is 2.27. The summed E-state index contributed by atoms with van der Waals surface area (Å²) < 4.78 is 11.1. The number of likely N-dealkylation sites (N-methyl/N-ethyl adjacent to an activating group) is 1. The molecule has 1 heterocycles. The van der Waals surface area contributed by atoms with Crippen LogP contribution in [0.3, 0.4) is 0 Å². The topological polar surface area (TPSA) is 21.7 Å². The molecule has 0 amide bonds. The molecule has 0 N–H and O–H groups in total. The molecule has 0 bridgehead atoms. The molecule has 1 aromatic rings. The normalized spacial score (nSPS) is 20.3. The van der Waals surface area contributed by atoms with Crippen molar-refractivity contribution in [3.05, 3.63) is 35.4 Å². The van der Waals surface area contributed by atoms with Gasteiger partial charge in [-0.25, -0.2) is 0 Å². The lowest BCUT2D eigenvalue weighted by Crippen LogP contribution is -2.34. The van der Waals surface area contributed by atoms with E-state index in [1.807, 2.05) is 0 Å². The Balaban J connectivity index is 1.93. The van der Waals surface area contributed by atoms with Gasteiger partial charge in [0.25, 0.3) is 0 Å². The first-order valence-corrected chi connectivity index (χ1v) is 7.63. The summed E-state index contributed by atoms with van der Waals surface area (Å²) in [5, 5.41) is 0. The average molecular weight is 328 g/mol. The number of hydrogen-bond donors (Lipinski definition) is 0. The van der Waals surface area contributed by atoms with Crippen molar-refractivity contribution in [1.82, 2.24) is 4.90 Å². The van der Waals surface area contributed by atoms with Gasteiger partial charge >= 0.3 is 0 Å². The van der Waals surface area contributed by atoms with Crippen LogP contribution in [0.2, 0.25) is 0 Å². The molecule has 4 heteroatoms. The molecule has 2 atom stereocenters. The number of ether oxygens (including phenoxy) is 2. The van der Waals surface area contributed by atoms with Crippen LogP contribution < -0.4 is 0 Å². The van der Waals surface area contributed by atoms with Crippen LogP contribution in [0, 0.1) is 0 Å². The molecule has 2 rings (SSSR count). The molecule has 0 radical (unpaired) electrons. The maximum Gasteiger partial charge on any atom is 0.0954 e. The average Bonchev–Trinajstić information content (AvgIpc) is 2.39. The molecule has 0 spiro atoms. The van der Waals surface area contributed by atoms with Crippen LogP contribution in [-0.4, -0.2) is 50.2 Å². The van der Waals surface area contributed by atoms with E-state index in [1.165, 1.54) is 11.1 Å². The number of rotatable bonds is 6. The second kappa shape index (κ2) is 7.39. The van der Waals surface area contributed by atoms with Gasteiger partial charge in [0.2, 0.25) is 0 Å². The molecule has 1 aromatic carbocycles. The van der Waals surface area contributed by atoms with Gasteiger partial charge in [-0.1, -0.05) is 40.2 Å². The zero-order valence-corrected chi connectivity index (χ0v) is 13.2. The minimum absolute atomic E-state index is 0.192. The molecule has 1 aliphatic rings. The standard InChI is InChI=1S/C15H22BrNO2/c1-17(9-13(16)11-18-2)10-15-14-6-4-3-5-12(14)7-8-19-15/h3-6,13,15H,7-11H2,1-2H3. The Morgan fingerprint density at radius 2 is 2.26 bits per heavy atom. The zero-order valence-electron chi connectivity index (χ0n) is 11.6. The van der Waals surface area contributed by atoms with Gasteiger partial charge in [0.05, 0.1) is 24.1 Å². The van der Waals surface area contributed by atoms with Crippen molar-refractivity contribution >= 4 is 15.9 Å². The van der Waals surface area contributed by atoms with E-state index >= 15 is 0 Å². The number of methoxy groups -OCH3 is 1. The van der Waals surface area contributed by atoms with Crippen molar-refractivity contribution in [3.8, 4) is 0 Å². The van der Waals surface area contributed by atoms with E-state index in [0.717, 1.165) is 32.7 Å². The first-order chi connectivity index (χ1) is 9.20. The zero-order chi connectivity index (χ0) is 13.7. The molecule has 19 heavy (non-hydrogen) atoms. The van der Waals surface area contributed by atoms with Crippen LogP contribution in [-0.2, 0) is 15.9 Å². The Labute approximate surface area is 124 Å². The van der Waals surface area contributed by atoms with Crippen LogP contribution >= 0.6 is 15.9 Å². The molecule has 1 aliphatic heterocycles. The van der Waals surface area contributed by atoms with E-state index in [0.29, 0.717) is 4.83 Å². The number of hydrogen-bond acceptors (Lipinski definition) is 3. The van der Waals surface area contributed by atoms with Gasteiger partial charge in [0.15, 0.2) is 0 Å². The highest BCUT2D eigenvalue weighted by Gasteiger charge is 2.22. The first kappa shape index (κ1) is 15.0. The fourth-order valence-corrected chi connectivity index (χ4v) is 3.32. The quantitative estimate of drug-likeness (QED) is 0.750. The molecule has 0 fully saturated rings. The largest absolute Gasteiger partial charge is 0.383 e. The minimum atomic E-state index is 0.192. The van der Waals surface area contributed by atoms with E-state index in [4.69, 9.17) is 9.47 Å². The highest BCUT2D eigenvalue weighted by atomic mass is 79.9. The Bertz CT molecular complexity index is 399. The summed E-state index contributed by atoms with van der Waals surface area (Å²) in [5.41, 5.74) is 2.78. The molecule has 0 aliphatic carbocycles. The Morgan fingerprint density at radius 1 is 1.47 bits per heavy atom. The smallest absolute Gasteiger partial charge is 0.0954 e. The SMILES string of the molecule is COCC(Br)CN(C)CC1OCCc2ccccc21. The van der Waals surface area contributed by atoms with Crippen LogP contribution in [0.4, 0.5) is 0 Å². The van der Waals surface area contributed by atoms with Crippen molar-refractivity contribution in [2.45, 2.75) is 17.4 Å². The number of nitrogens with zero attached hydrogens (tertiary/aromatic N) is 1. The Morgan fingerprint density at radius 3 is 3.05 bits per heavy atom. The molecule has 2 unspecified atom stereocenters. The molecule has 0 saturated carbocycles. The second-order valence-electron chi connectivity index (χ2n) is 5.08. The minimum Gasteiger partial charge on any atom is -0.383 e. The van der Waals surface area contributed by atoms with Crippen LogP contribution in [0.15, 0.2) is 24.3 Å². The van der Waals surface area contributed by atoms with Crippen LogP contribution in [0.1, 0.15) is 17.2 Å². The third-order valence-electron chi connectivity index (χ3n) is 3.43. The molecule has 0 aromatic heterocycles. The van der Waals surface area contributed by atoms with Crippen molar-refractivity contribution in [1.29, 1.82) is 0 Å². The molecular formula is C15H22BrNO2. The fraction of sp³-hybridized carbons (Fsp3) is 0.600. The number of fused-ring (bicyclic) bond motifs is 1. The lowest BCUT2D eigenvalue weighted by atomic mass is 9.97. The van der Waals surface area contributed by atoms with Crippen LogP contribution in [0.5, 0.6) is 0 Å². The number of halogens is 1. The van der Waals surface area contributed by atoms with Gasteiger partial charge < -0.3 is 14.4 Å². The third-order valence-corrected chi connectivity index (χ3v) is 3.98. The van der Waals surface area contributed by atoms with E-state index < -0.39 is 0 Å². The summed E-state index contributed by atoms with van der Waals surface area (Å²) >= 11 is 3.63. The summed E-state index contributed by atoms with van der Waals surface area (Å²) in [5.74, 6) is 0. The van der Waals surface area contributed by atoms with Crippen molar-refractivity contribution < 1.29 is 9.47 Å². The monoisotopic (exact) mass is 327 g/mol. The number of benzene rings is 1. The number of alkyl halides is 1. The Kier molecular flexibility index (Phi) is 5.82. The summed E-state index contributed by atoms with van der Waals surface area (Å²) in [4.78, 5) is 2.66. The van der Waals surface area contributed by atoms with E-state index in [1.54, 1.807) is 7.11 Å². The maximum atomic E-state index is 5.93. The first-order valence-electron chi connectivity index (χ1n) is 6.71. The van der Waals surface area contributed by atoms with Crippen molar-refractivity contribution in [2.24, 2.45) is 0 Å². The molecule has 0 saturated heterocycles. The van der Waals surface area contributed by atoms with Crippen molar-refractivity contribution in [3.63, 3.8) is 0 Å². The fourth-order valence-electron chi connectivity index (χ4n) is 2.56.